The van der Waals surface area contributed by atoms with Crippen molar-refractivity contribution in [3.8, 4) is 10.7 Å². The van der Waals surface area contributed by atoms with E-state index in [1.165, 1.54) is 11.8 Å². The Balaban J connectivity index is 1.33. The second kappa shape index (κ2) is 8.76. The van der Waals surface area contributed by atoms with E-state index in [1.54, 1.807) is 11.3 Å². The molecule has 2 N–H and O–H groups in total. The second-order valence-corrected chi connectivity index (χ2v) is 8.60. The molecule has 1 aromatic carbocycles. The molecule has 4 rings (SSSR count). The number of thioether (sulfide) groups is 1. The van der Waals surface area contributed by atoms with E-state index in [9.17, 15) is 4.79 Å². The van der Waals surface area contributed by atoms with E-state index in [-0.39, 0.29) is 11.2 Å². The summed E-state index contributed by atoms with van der Waals surface area (Å²) >= 11 is 2.93. The molecule has 1 aliphatic heterocycles. The Morgan fingerprint density at radius 1 is 1.29 bits per heavy atom. The van der Waals surface area contributed by atoms with E-state index in [1.807, 2.05) is 48.7 Å². The van der Waals surface area contributed by atoms with Gasteiger partial charge < -0.3 is 15.0 Å². The zero-order valence-corrected chi connectivity index (χ0v) is 17.1. The number of benzene rings is 1. The molecule has 3 aromatic rings. The van der Waals surface area contributed by atoms with Gasteiger partial charge in [-0.2, -0.15) is 0 Å². The SMILES string of the molecule is C[C@@H](Sc1n[nH]c(-c2cccs2)n1)C(=O)Nc1ccc(N2CCOCC2)cc1. The van der Waals surface area contributed by atoms with Crippen molar-refractivity contribution in [3.63, 3.8) is 0 Å². The molecule has 1 aliphatic rings. The Morgan fingerprint density at radius 2 is 2.07 bits per heavy atom. The maximum absolute atomic E-state index is 12.5. The minimum atomic E-state index is -0.314. The van der Waals surface area contributed by atoms with E-state index in [4.69, 9.17) is 4.74 Å². The molecule has 9 heteroatoms. The molecule has 7 nitrogen and oxygen atoms in total. The molecular formula is C19H21N5O2S2. The Labute approximate surface area is 171 Å². The van der Waals surface area contributed by atoms with Crippen LogP contribution in [-0.4, -0.2) is 52.6 Å². The van der Waals surface area contributed by atoms with Crippen molar-refractivity contribution < 1.29 is 9.53 Å². The Kier molecular flexibility index (Phi) is 5.94. The highest BCUT2D eigenvalue weighted by atomic mass is 32.2. The van der Waals surface area contributed by atoms with E-state index < -0.39 is 0 Å². The minimum Gasteiger partial charge on any atom is -0.378 e. The molecule has 0 saturated carbocycles. The molecule has 146 valence electrons. The predicted octanol–water partition coefficient (Wildman–Crippen LogP) is 3.49. The van der Waals surface area contributed by atoms with Gasteiger partial charge in [0.2, 0.25) is 11.1 Å². The lowest BCUT2D eigenvalue weighted by Gasteiger charge is -2.28. The Bertz CT molecular complexity index is 905. The third kappa shape index (κ3) is 4.54. The molecule has 2 aromatic heterocycles. The average Bonchev–Trinajstić information content (AvgIpc) is 3.41. The van der Waals surface area contributed by atoms with Crippen LogP contribution in [0.2, 0.25) is 0 Å². The van der Waals surface area contributed by atoms with Crippen molar-refractivity contribution in [2.75, 3.05) is 36.5 Å². The number of thiophene rings is 1. The lowest BCUT2D eigenvalue weighted by molar-refractivity contribution is -0.115. The van der Waals surface area contributed by atoms with Gasteiger partial charge in [0.05, 0.1) is 23.3 Å². The van der Waals surface area contributed by atoms with Gasteiger partial charge in [-0.25, -0.2) is 4.98 Å². The van der Waals surface area contributed by atoms with E-state index in [0.717, 1.165) is 48.4 Å². The molecule has 0 unspecified atom stereocenters. The van der Waals surface area contributed by atoms with Crippen LogP contribution < -0.4 is 10.2 Å². The normalized spacial score (nSPS) is 15.4. The number of morpholine rings is 1. The summed E-state index contributed by atoms with van der Waals surface area (Å²) in [6.07, 6.45) is 0. The number of nitrogens with zero attached hydrogens (tertiary/aromatic N) is 3. The highest BCUT2D eigenvalue weighted by Crippen LogP contribution is 2.26. The zero-order valence-electron chi connectivity index (χ0n) is 15.4. The standard InChI is InChI=1S/C19H21N5O2S2/c1-13(28-19-21-17(22-23-19)16-3-2-12-27-16)18(25)20-14-4-6-15(7-5-14)24-8-10-26-11-9-24/h2-7,12-13H,8-11H2,1H3,(H,20,25)(H,21,22,23)/t13-/m1/s1. The van der Waals surface area contributed by atoms with Crippen LogP contribution in [0, 0.1) is 0 Å². The Hall–Kier alpha value is -2.36. The quantitative estimate of drug-likeness (QED) is 0.600. The summed E-state index contributed by atoms with van der Waals surface area (Å²) in [7, 11) is 0. The fourth-order valence-corrected chi connectivity index (χ4v) is 4.24. The van der Waals surface area contributed by atoms with Crippen LogP contribution in [0.15, 0.2) is 46.9 Å². The van der Waals surface area contributed by atoms with E-state index >= 15 is 0 Å². The number of anilines is 2. The fraction of sp³-hybridized carbons (Fsp3) is 0.316. The number of ether oxygens (including phenoxy) is 1. The first-order valence-corrected chi connectivity index (χ1v) is 10.8. The van der Waals surface area contributed by atoms with Crippen LogP contribution in [-0.2, 0) is 9.53 Å². The number of aromatic amines is 1. The van der Waals surface area contributed by atoms with Crippen molar-refractivity contribution in [2.45, 2.75) is 17.3 Å². The van der Waals surface area contributed by atoms with Crippen molar-refractivity contribution in [2.24, 2.45) is 0 Å². The van der Waals surface area contributed by atoms with Gasteiger partial charge in [0.1, 0.15) is 0 Å². The van der Waals surface area contributed by atoms with Crippen LogP contribution in [0.5, 0.6) is 0 Å². The highest BCUT2D eigenvalue weighted by molar-refractivity contribution is 8.00. The van der Waals surface area contributed by atoms with Gasteiger partial charge in [0.25, 0.3) is 0 Å². The number of amides is 1. The topological polar surface area (TPSA) is 83.1 Å². The molecule has 1 fully saturated rings. The summed E-state index contributed by atoms with van der Waals surface area (Å²) in [4.78, 5) is 20.3. The van der Waals surface area contributed by atoms with Crippen molar-refractivity contribution in [1.82, 2.24) is 15.2 Å². The van der Waals surface area contributed by atoms with Gasteiger partial charge in [0.15, 0.2) is 5.82 Å². The number of carbonyl (C=O) groups is 1. The van der Waals surface area contributed by atoms with Crippen LogP contribution >= 0.6 is 23.1 Å². The summed E-state index contributed by atoms with van der Waals surface area (Å²) in [5.74, 6) is 0.649. The first-order chi connectivity index (χ1) is 13.7. The van der Waals surface area contributed by atoms with Crippen LogP contribution in [0.25, 0.3) is 10.7 Å². The van der Waals surface area contributed by atoms with Crippen LogP contribution in [0.3, 0.4) is 0 Å². The number of H-pyrrole nitrogens is 1. The summed E-state index contributed by atoms with van der Waals surface area (Å²) < 4.78 is 5.38. The number of aromatic nitrogens is 3. The number of carbonyl (C=O) groups excluding carboxylic acids is 1. The summed E-state index contributed by atoms with van der Waals surface area (Å²) in [6.45, 7) is 5.14. The first kappa shape index (κ1) is 19.0. The summed E-state index contributed by atoms with van der Waals surface area (Å²) in [6, 6.07) is 11.9. The first-order valence-electron chi connectivity index (χ1n) is 9.05. The molecule has 1 amide bonds. The third-order valence-electron chi connectivity index (χ3n) is 4.38. The average molecular weight is 416 g/mol. The van der Waals surface area contributed by atoms with Gasteiger partial charge in [-0.1, -0.05) is 17.8 Å². The van der Waals surface area contributed by atoms with Gasteiger partial charge in [0, 0.05) is 24.5 Å². The predicted molar refractivity (Wildman–Crippen MR) is 113 cm³/mol. The highest BCUT2D eigenvalue weighted by Gasteiger charge is 2.18. The van der Waals surface area contributed by atoms with Gasteiger partial charge in [-0.15, -0.1) is 16.4 Å². The van der Waals surface area contributed by atoms with Crippen molar-refractivity contribution in [3.05, 3.63) is 41.8 Å². The monoisotopic (exact) mass is 415 g/mol. The number of rotatable bonds is 6. The van der Waals surface area contributed by atoms with Crippen molar-refractivity contribution in [1.29, 1.82) is 0 Å². The molecule has 0 aliphatic carbocycles. The smallest absolute Gasteiger partial charge is 0.237 e. The molecule has 1 atom stereocenters. The van der Waals surface area contributed by atoms with Gasteiger partial charge in [-0.05, 0) is 42.6 Å². The third-order valence-corrected chi connectivity index (χ3v) is 6.22. The van der Waals surface area contributed by atoms with E-state index in [0.29, 0.717) is 5.16 Å². The number of hydrogen-bond acceptors (Lipinski definition) is 7. The van der Waals surface area contributed by atoms with Gasteiger partial charge >= 0.3 is 0 Å². The lowest BCUT2D eigenvalue weighted by atomic mass is 10.2. The Morgan fingerprint density at radius 3 is 2.79 bits per heavy atom. The van der Waals surface area contributed by atoms with Crippen LogP contribution in [0.1, 0.15) is 6.92 Å². The molecule has 3 heterocycles. The zero-order chi connectivity index (χ0) is 19.3. The summed E-state index contributed by atoms with van der Waals surface area (Å²) in [5.41, 5.74) is 1.93. The molecule has 1 saturated heterocycles. The van der Waals surface area contributed by atoms with Gasteiger partial charge in [-0.3, -0.25) is 9.89 Å². The molecule has 28 heavy (non-hydrogen) atoms. The minimum absolute atomic E-state index is 0.0772. The molecule has 0 spiro atoms. The lowest BCUT2D eigenvalue weighted by Crippen LogP contribution is -2.36. The number of hydrogen-bond donors (Lipinski definition) is 2. The molecule has 0 bridgehead atoms. The maximum Gasteiger partial charge on any atom is 0.237 e. The van der Waals surface area contributed by atoms with Crippen molar-refractivity contribution >= 4 is 40.4 Å². The van der Waals surface area contributed by atoms with Crippen LogP contribution in [0.4, 0.5) is 11.4 Å². The molecule has 0 radical (unpaired) electrons. The molecular weight excluding hydrogens is 394 g/mol. The fourth-order valence-electron chi connectivity index (χ4n) is 2.86. The van der Waals surface area contributed by atoms with E-state index in [2.05, 4.69) is 25.4 Å². The second-order valence-electron chi connectivity index (χ2n) is 6.34. The number of nitrogens with one attached hydrogen (secondary N) is 2. The summed E-state index contributed by atoms with van der Waals surface area (Å²) in [5, 5.41) is 12.3. The largest absolute Gasteiger partial charge is 0.378 e. The maximum atomic E-state index is 12.5.